The zero-order valence-corrected chi connectivity index (χ0v) is 8.12. The molecule has 1 amide bonds. The molecule has 0 saturated heterocycles. The second-order valence-electron chi connectivity index (χ2n) is 2.53. The van der Waals surface area contributed by atoms with Gasteiger partial charge in [-0.25, -0.2) is 9.59 Å². The van der Waals surface area contributed by atoms with E-state index in [0.29, 0.717) is 6.61 Å². The lowest BCUT2D eigenvalue weighted by molar-refractivity contribution is -0.145. The quantitative estimate of drug-likeness (QED) is 0.660. The van der Waals surface area contributed by atoms with Crippen LogP contribution in [0.1, 0.15) is 20.3 Å². The van der Waals surface area contributed by atoms with Crippen LogP contribution in [0.15, 0.2) is 0 Å². The summed E-state index contributed by atoms with van der Waals surface area (Å²) < 4.78 is 9.11. The number of carbonyl (C=O) groups excluding carboxylic acids is 2. The molecule has 0 aliphatic rings. The molecule has 0 aromatic rings. The number of amides is 1. The Bertz CT molecular complexity index is 181. The summed E-state index contributed by atoms with van der Waals surface area (Å²) in [6.07, 6.45) is 0.123. The molecule has 0 aromatic carbocycles. The molecule has 1 atom stereocenters. The third-order valence-electron chi connectivity index (χ3n) is 1.32. The SMILES string of the molecule is CCCOC(=O)C(C)NC(=O)OC. The van der Waals surface area contributed by atoms with Crippen molar-refractivity contribution in [3.63, 3.8) is 0 Å². The molecule has 5 heteroatoms. The molecular weight excluding hydrogens is 174 g/mol. The van der Waals surface area contributed by atoms with Gasteiger partial charge in [0.1, 0.15) is 6.04 Å². The topological polar surface area (TPSA) is 64.6 Å². The van der Waals surface area contributed by atoms with Gasteiger partial charge < -0.3 is 14.8 Å². The molecular formula is C8H15NO4. The third kappa shape index (κ3) is 5.05. The van der Waals surface area contributed by atoms with E-state index in [1.807, 2.05) is 6.92 Å². The van der Waals surface area contributed by atoms with Crippen molar-refractivity contribution in [2.45, 2.75) is 26.3 Å². The minimum absolute atomic E-state index is 0.367. The minimum atomic E-state index is -0.668. The lowest BCUT2D eigenvalue weighted by Crippen LogP contribution is -2.39. The molecule has 0 aliphatic carbocycles. The Morgan fingerprint density at radius 3 is 2.54 bits per heavy atom. The van der Waals surface area contributed by atoms with Crippen molar-refractivity contribution in [1.29, 1.82) is 0 Å². The molecule has 76 valence electrons. The van der Waals surface area contributed by atoms with Crippen molar-refractivity contribution in [2.24, 2.45) is 0 Å². The molecule has 0 spiro atoms. The van der Waals surface area contributed by atoms with Gasteiger partial charge in [-0.3, -0.25) is 0 Å². The van der Waals surface area contributed by atoms with Crippen LogP contribution in [-0.2, 0) is 14.3 Å². The number of carbonyl (C=O) groups is 2. The zero-order valence-electron chi connectivity index (χ0n) is 8.12. The largest absolute Gasteiger partial charge is 0.464 e. The maximum absolute atomic E-state index is 11.1. The highest BCUT2D eigenvalue weighted by atomic mass is 16.5. The number of ether oxygens (including phenoxy) is 2. The fourth-order valence-electron chi connectivity index (χ4n) is 0.622. The van der Waals surface area contributed by atoms with Crippen LogP contribution in [-0.4, -0.2) is 31.8 Å². The molecule has 0 aliphatic heterocycles. The van der Waals surface area contributed by atoms with E-state index >= 15 is 0 Å². The minimum Gasteiger partial charge on any atom is -0.464 e. The molecule has 1 unspecified atom stereocenters. The van der Waals surface area contributed by atoms with Gasteiger partial charge in [0.2, 0.25) is 0 Å². The first kappa shape index (κ1) is 11.7. The summed E-state index contributed by atoms with van der Waals surface area (Å²) in [4.78, 5) is 21.7. The van der Waals surface area contributed by atoms with Gasteiger partial charge in [-0.2, -0.15) is 0 Å². The Hall–Kier alpha value is -1.26. The summed E-state index contributed by atoms with van der Waals surface area (Å²) in [5, 5.41) is 2.30. The average Bonchev–Trinajstić information content (AvgIpc) is 2.13. The number of rotatable bonds is 4. The Balaban J connectivity index is 3.75. The molecule has 13 heavy (non-hydrogen) atoms. The van der Waals surface area contributed by atoms with Gasteiger partial charge in [0.15, 0.2) is 0 Å². The average molecular weight is 189 g/mol. The maximum atomic E-state index is 11.1. The lowest BCUT2D eigenvalue weighted by Gasteiger charge is -2.11. The first-order valence-electron chi connectivity index (χ1n) is 4.13. The van der Waals surface area contributed by atoms with Crippen molar-refractivity contribution in [1.82, 2.24) is 5.32 Å². The van der Waals surface area contributed by atoms with Crippen LogP contribution in [0.2, 0.25) is 0 Å². The molecule has 5 nitrogen and oxygen atoms in total. The van der Waals surface area contributed by atoms with Crippen LogP contribution in [0, 0.1) is 0 Å². The summed E-state index contributed by atoms with van der Waals surface area (Å²) in [6.45, 7) is 3.80. The van der Waals surface area contributed by atoms with E-state index in [-0.39, 0.29) is 0 Å². The van der Waals surface area contributed by atoms with Crippen molar-refractivity contribution in [3.8, 4) is 0 Å². The van der Waals surface area contributed by atoms with Gasteiger partial charge in [-0.15, -0.1) is 0 Å². The van der Waals surface area contributed by atoms with E-state index < -0.39 is 18.1 Å². The van der Waals surface area contributed by atoms with E-state index in [1.54, 1.807) is 0 Å². The normalized spacial score (nSPS) is 11.6. The highest BCUT2D eigenvalue weighted by Gasteiger charge is 2.16. The summed E-state index contributed by atoms with van der Waals surface area (Å²) in [5.41, 5.74) is 0. The van der Waals surface area contributed by atoms with Crippen molar-refractivity contribution in [3.05, 3.63) is 0 Å². The highest BCUT2D eigenvalue weighted by Crippen LogP contribution is 1.90. The summed E-state index contributed by atoms with van der Waals surface area (Å²) in [5.74, 6) is -0.452. The van der Waals surface area contributed by atoms with Gasteiger partial charge in [-0.1, -0.05) is 6.92 Å². The number of hydrogen-bond acceptors (Lipinski definition) is 4. The van der Waals surface area contributed by atoms with Crippen LogP contribution in [0.25, 0.3) is 0 Å². The van der Waals surface area contributed by atoms with Crippen LogP contribution in [0.3, 0.4) is 0 Å². The van der Waals surface area contributed by atoms with Crippen LogP contribution >= 0.6 is 0 Å². The zero-order chi connectivity index (χ0) is 10.3. The van der Waals surface area contributed by atoms with E-state index in [4.69, 9.17) is 4.74 Å². The van der Waals surface area contributed by atoms with E-state index in [9.17, 15) is 9.59 Å². The van der Waals surface area contributed by atoms with E-state index in [2.05, 4.69) is 10.1 Å². The number of nitrogens with one attached hydrogen (secondary N) is 1. The second kappa shape index (κ2) is 6.28. The summed E-state index contributed by atoms with van der Waals surface area (Å²) >= 11 is 0. The van der Waals surface area contributed by atoms with Crippen LogP contribution in [0.4, 0.5) is 4.79 Å². The van der Waals surface area contributed by atoms with Gasteiger partial charge in [0, 0.05) is 0 Å². The molecule has 0 aromatic heterocycles. The first-order valence-corrected chi connectivity index (χ1v) is 4.13. The van der Waals surface area contributed by atoms with Gasteiger partial charge in [-0.05, 0) is 13.3 Å². The Kier molecular flexibility index (Phi) is 5.67. The van der Waals surface area contributed by atoms with Gasteiger partial charge in [0.25, 0.3) is 0 Å². The van der Waals surface area contributed by atoms with Crippen molar-refractivity contribution in [2.75, 3.05) is 13.7 Å². The van der Waals surface area contributed by atoms with Crippen molar-refractivity contribution < 1.29 is 19.1 Å². The summed E-state index contributed by atoms with van der Waals surface area (Å²) in [7, 11) is 1.24. The number of alkyl carbamates (subject to hydrolysis) is 1. The molecule has 0 heterocycles. The molecule has 0 rings (SSSR count). The predicted molar refractivity (Wildman–Crippen MR) is 46.3 cm³/mol. The Morgan fingerprint density at radius 2 is 2.08 bits per heavy atom. The van der Waals surface area contributed by atoms with Crippen LogP contribution < -0.4 is 5.32 Å². The van der Waals surface area contributed by atoms with Gasteiger partial charge >= 0.3 is 12.1 Å². The molecule has 0 radical (unpaired) electrons. The third-order valence-corrected chi connectivity index (χ3v) is 1.32. The van der Waals surface area contributed by atoms with Crippen molar-refractivity contribution >= 4 is 12.1 Å². The molecule has 1 N–H and O–H groups in total. The standard InChI is InChI=1S/C8H15NO4/c1-4-5-13-7(10)6(2)9-8(11)12-3/h6H,4-5H2,1-3H3,(H,9,11). The smallest absolute Gasteiger partial charge is 0.407 e. The van der Waals surface area contributed by atoms with Crippen LogP contribution in [0.5, 0.6) is 0 Å². The Labute approximate surface area is 77.4 Å². The van der Waals surface area contributed by atoms with E-state index in [1.165, 1.54) is 14.0 Å². The Morgan fingerprint density at radius 1 is 1.46 bits per heavy atom. The molecule has 0 bridgehead atoms. The monoisotopic (exact) mass is 189 g/mol. The molecule has 0 saturated carbocycles. The number of methoxy groups -OCH3 is 1. The number of hydrogen-bond donors (Lipinski definition) is 1. The predicted octanol–water partition coefficient (Wildman–Crippen LogP) is 0.684. The molecule has 0 fully saturated rings. The summed E-state index contributed by atoms with van der Waals surface area (Å²) in [6, 6.07) is -0.668. The number of esters is 1. The maximum Gasteiger partial charge on any atom is 0.407 e. The highest BCUT2D eigenvalue weighted by molar-refractivity contribution is 5.80. The second-order valence-corrected chi connectivity index (χ2v) is 2.53. The first-order chi connectivity index (χ1) is 6.11. The van der Waals surface area contributed by atoms with E-state index in [0.717, 1.165) is 6.42 Å². The fraction of sp³-hybridized carbons (Fsp3) is 0.750. The fourth-order valence-corrected chi connectivity index (χ4v) is 0.622. The lowest BCUT2D eigenvalue weighted by atomic mass is 10.3. The van der Waals surface area contributed by atoms with Gasteiger partial charge in [0.05, 0.1) is 13.7 Å².